The van der Waals surface area contributed by atoms with Crippen LogP contribution in [0.15, 0.2) is 18.3 Å². The molecule has 4 heteroatoms. The Balaban J connectivity index is 2.20. The smallest absolute Gasteiger partial charge is 0.129 e. The van der Waals surface area contributed by atoms with E-state index in [4.69, 9.17) is 17.4 Å². The molecule has 0 saturated heterocycles. The molecule has 0 aromatic carbocycles. The maximum absolute atomic E-state index is 5.78. The van der Waals surface area contributed by atoms with Gasteiger partial charge in [-0.05, 0) is 18.1 Å². The number of pyridine rings is 1. The third kappa shape index (κ3) is 6.90. The molecule has 1 rings (SSSR count). The van der Waals surface area contributed by atoms with Gasteiger partial charge < -0.3 is 0 Å². The summed E-state index contributed by atoms with van der Waals surface area (Å²) in [5, 5.41) is 0.524. The number of nitrogens with zero attached hydrogens (tertiary/aromatic N) is 1. The van der Waals surface area contributed by atoms with Crippen LogP contribution in [0.25, 0.3) is 0 Å². The van der Waals surface area contributed by atoms with Crippen LogP contribution in [-0.4, -0.2) is 4.98 Å². The first-order valence-electron chi connectivity index (χ1n) is 7.35. The van der Waals surface area contributed by atoms with Gasteiger partial charge in [-0.15, -0.1) is 0 Å². The van der Waals surface area contributed by atoms with E-state index in [1.54, 1.807) is 6.20 Å². The lowest BCUT2D eigenvalue weighted by molar-refractivity contribution is 0.475. The molecule has 1 unspecified atom stereocenters. The molecular formula is C15H26ClN3. The van der Waals surface area contributed by atoms with E-state index in [-0.39, 0.29) is 6.04 Å². The van der Waals surface area contributed by atoms with Crippen LogP contribution in [0.4, 0.5) is 0 Å². The molecule has 0 bridgehead atoms. The Morgan fingerprint density at radius 1 is 1.16 bits per heavy atom. The number of unbranched alkanes of at least 4 members (excludes halogenated alkanes) is 6. The first kappa shape index (κ1) is 16.4. The molecule has 0 saturated carbocycles. The zero-order chi connectivity index (χ0) is 13.9. The maximum Gasteiger partial charge on any atom is 0.129 e. The zero-order valence-corrected chi connectivity index (χ0v) is 12.6. The van der Waals surface area contributed by atoms with Gasteiger partial charge in [0.1, 0.15) is 5.15 Å². The number of halogens is 1. The summed E-state index contributed by atoms with van der Waals surface area (Å²) in [5.74, 6) is 5.61. The predicted molar refractivity (Wildman–Crippen MR) is 81.9 cm³/mol. The summed E-state index contributed by atoms with van der Waals surface area (Å²) >= 11 is 5.78. The first-order chi connectivity index (χ1) is 9.27. The fourth-order valence-corrected chi connectivity index (χ4v) is 2.36. The maximum atomic E-state index is 5.78. The third-order valence-corrected chi connectivity index (χ3v) is 3.67. The van der Waals surface area contributed by atoms with Crippen molar-refractivity contribution in [2.45, 2.75) is 64.3 Å². The normalized spacial score (nSPS) is 12.6. The van der Waals surface area contributed by atoms with E-state index in [2.05, 4.69) is 17.3 Å². The van der Waals surface area contributed by atoms with Crippen molar-refractivity contribution in [3.63, 3.8) is 0 Å². The summed E-state index contributed by atoms with van der Waals surface area (Å²) in [6.07, 6.45) is 12.1. The van der Waals surface area contributed by atoms with E-state index in [1.807, 2.05) is 12.1 Å². The summed E-state index contributed by atoms with van der Waals surface area (Å²) in [5.41, 5.74) is 3.98. The molecule has 1 heterocycles. The fourth-order valence-electron chi connectivity index (χ4n) is 2.25. The fraction of sp³-hybridized carbons (Fsp3) is 0.667. The number of hydrogen-bond donors (Lipinski definition) is 2. The summed E-state index contributed by atoms with van der Waals surface area (Å²) in [7, 11) is 0. The van der Waals surface area contributed by atoms with E-state index in [9.17, 15) is 0 Å². The first-order valence-corrected chi connectivity index (χ1v) is 7.73. The number of hydrogen-bond acceptors (Lipinski definition) is 3. The Morgan fingerprint density at radius 2 is 1.84 bits per heavy atom. The van der Waals surface area contributed by atoms with Crippen molar-refractivity contribution >= 4 is 11.6 Å². The van der Waals surface area contributed by atoms with Crippen LogP contribution in [0.2, 0.25) is 5.15 Å². The summed E-state index contributed by atoms with van der Waals surface area (Å²) in [4.78, 5) is 4.10. The highest BCUT2D eigenvalue weighted by molar-refractivity contribution is 6.29. The molecular weight excluding hydrogens is 258 g/mol. The summed E-state index contributed by atoms with van der Waals surface area (Å²) in [6, 6.07) is 3.98. The van der Waals surface area contributed by atoms with Crippen LogP contribution in [0, 0.1) is 0 Å². The molecule has 3 nitrogen and oxygen atoms in total. The van der Waals surface area contributed by atoms with Gasteiger partial charge in [-0.3, -0.25) is 11.3 Å². The van der Waals surface area contributed by atoms with Gasteiger partial charge in [0.05, 0.1) is 0 Å². The lowest BCUT2D eigenvalue weighted by Gasteiger charge is -2.15. The van der Waals surface area contributed by atoms with Crippen LogP contribution in [0.3, 0.4) is 0 Å². The topological polar surface area (TPSA) is 50.9 Å². The van der Waals surface area contributed by atoms with Crippen LogP contribution in [-0.2, 0) is 0 Å². The second-order valence-electron chi connectivity index (χ2n) is 5.04. The average Bonchev–Trinajstić information content (AvgIpc) is 2.43. The predicted octanol–water partition coefficient (Wildman–Crippen LogP) is 4.38. The second kappa shape index (κ2) is 10.2. The molecule has 1 aromatic heterocycles. The van der Waals surface area contributed by atoms with E-state index < -0.39 is 0 Å². The highest BCUT2D eigenvalue weighted by Gasteiger charge is 2.09. The highest BCUT2D eigenvalue weighted by atomic mass is 35.5. The van der Waals surface area contributed by atoms with Crippen molar-refractivity contribution in [2.75, 3.05) is 0 Å². The monoisotopic (exact) mass is 283 g/mol. The van der Waals surface area contributed by atoms with E-state index >= 15 is 0 Å². The largest absolute Gasteiger partial charge is 0.271 e. The van der Waals surface area contributed by atoms with E-state index in [1.165, 1.54) is 44.9 Å². The number of aromatic nitrogens is 1. The van der Waals surface area contributed by atoms with Gasteiger partial charge in [0.2, 0.25) is 0 Å². The lowest BCUT2D eigenvalue weighted by atomic mass is 10.0. The van der Waals surface area contributed by atoms with Crippen LogP contribution >= 0.6 is 11.6 Å². The van der Waals surface area contributed by atoms with Gasteiger partial charge in [-0.1, -0.05) is 69.5 Å². The second-order valence-corrected chi connectivity index (χ2v) is 5.43. The van der Waals surface area contributed by atoms with Crippen LogP contribution in [0.5, 0.6) is 0 Å². The van der Waals surface area contributed by atoms with E-state index in [0.717, 1.165) is 12.0 Å². The van der Waals surface area contributed by atoms with Gasteiger partial charge in [-0.2, -0.15) is 0 Å². The SMILES string of the molecule is CCCCCCCCCC(NN)c1ccc(Cl)nc1. The van der Waals surface area contributed by atoms with Gasteiger partial charge in [0.15, 0.2) is 0 Å². The number of rotatable bonds is 10. The molecule has 0 spiro atoms. The van der Waals surface area contributed by atoms with Gasteiger partial charge >= 0.3 is 0 Å². The van der Waals surface area contributed by atoms with Crippen molar-refractivity contribution in [3.8, 4) is 0 Å². The van der Waals surface area contributed by atoms with Crippen LogP contribution in [0.1, 0.15) is 69.9 Å². The molecule has 1 aromatic rings. The highest BCUT2D eigenvalue weighted by Crippen LogP contribution is 2.20. The molecule has 19 heavy (non-hydrogen) atoms. The molecule has 0 aliphatic heterocycles. The number of hydrazine groups is 1. The average molecular weight is 284 g/mol. The quantitative estimate of drug-likeness (QED) is 0.290. The number of nitrogens with one attached hydrogen (secondary N) is 1. The van der Waals surface area contributed by atoms with E-state index in [0.29, 0.717) is 5.15 Å². The Labute approximate surface area is 121 Å². The van der Waals surface area contributed by atoms with Crippen molar-refractivity contribution in [1.29, 1.82) is 0 Å². The molecule has 0 aliphatic carbocycles. The minimum atomic E-state index is 0.181. The lowest BCUT2D eigenvalue weighted by Crippen LogP contribution is -2.28. The molecule has 0 radical (unpaired) electrons. The third-order valence-electron chi connectivity index (χ3n) is 3.45. The molecule has 0 amide bonds. The Morgan fingerprint density at radius 3 is 2.42 bits per heavy atom. The summed E-state index contributed by atoms with van der Waals surface area (Å²) < 4.78 is 0. The van der Waals surface area contributed by atoms with Gasteiger partial charge in [-0.25, -0.2) is 4.98 Å². The van der Waals surface area contributed by atoms with Crippen LogP contribution < -0.4 is 11.3 Å². The van der Waals surface area contributed by atoms with Crippen molar-refractivity contribution in [1.82, 2.24) is 10.4 Å². The minimum absolute atomic E-state index is 0.181. The van der Waals surface area contributed by atoms with Crippen molar-refractivity contribution < 1.29 is 0 Å². The molecule has 1 atom stereocenters. The zero-order valence-electron chi connectivity index (χ0n) is 11.9. The molecule has 3 N–H and O–H groups in total. The Bertz CT molecular complexity index is 327. The minimum Gasteiger partial charge on any atom is -0.271 e. The summed E-state index contributed by atoms with van der Waals surface area (Å²) in [6.45, 7) is 2.25. The molecule has 0 fully saturated rings. The molecule has 0 aliphatic rings. The number of nitrogens with two attached hydrogens (primary N) is 1. The Hall–Kier alpha value is -0.640. The van der Waals surface area contributed by atoms with Crippen molar-refractivity contribution in [3.05, 3.63) is 29.0 Å². The Kier molecular flexibility index (Phi) is 8.80. The molecule has 108 valence electrons. The van der Waals surface area contributed by atoms with Gasteiger partial charge in [0.25, 0.3) is 0 Å². The standard InChI is InChI=1S/C15H26ClN3/c1-2-3-4-5-6-7-8-9-14(19-17)13-10-11-15(16)18-12-13/h10-12,14,19H,2-9,17H2,1H3. The van der Waals surface area contributed by atoms with Gasteiger partial charge in [0, 0.05) is 12.2 Å². The van der Waals surface area contributed by atoms with Crippen molar-refractivity contribution in [2.24, 2.45) is 5.84 Å².